The van der Waals surface area contributed by atoms with Crippen molar-refractivity contribution >= 4 is 15.5 Å². The second-order valence-electron chi connectivity index (χ2n) is 3.38. The highest BCUT2D eigenvalue weighted by molar-refractivity contribution is 7.91. The molecule has 0 saturated carbocycles. The number of hydrogen-bond donors (Lipinski definition) is 2. The number of nitrogen functional groups attached to an aromatic ring is 1. The monoisotopic (exact) mass is 229 g/mol. The average molecular weight is 229 g/mol. The Bertz CT molecular complexity index is 411. The molecule has 1 rings (SSSR count). The minimum absolute atomic E-state index is 0.0407. The Kier molecular flexibility index (Phi) is 3.71. The van der Waals surface area contributed by atoms with Gasteiger partial charge in [-0.3, -0.25) is 0 Å². The summed E-state index contributed by atoms with van der Waals surface area (Å²) in [5, 5.41) is 9.66. The quantitative estimate of drug-likeness (QED) is 0.746. The van der Waals surface area contributed by atoms with Crippen LogP contribution >= 0.6 is 0 Å². The zero-order valence-corrected chi connectivity index (χ0v) is 9.37. The van der Waals surface area contributed by atoms with Gasteiger partial charge < -0.3 is 10.8 Å². The molecule has 0 radical (unpaired) electrons. The Labute approximate surface area is 89.7 Å². The molecule has 0 spiro atoms. The van der Waals surface area contributed by atoms with E-state index in [1.165, 1.54) is 0 Å². The third-order valence-corrected chi connectivity index (χ3v) is 3.88. The molecule has 0 aliphatic heterocycles. The van der Waals surface area contributed by atoms with Crippen molar-refractivity contribution in [1.29, 1.82) is 0 Å². The molecule has 0 heterocycles. The smallest absolute Gasteiger partial charge is 0.152 e. The molecule has 0 bridgehead atoms. The molecule has 5 heteroatoms. The number of nitrogens with two attached hydrogens (primary N) is 1. The van der Waals surface area contributed by atoms with Gasteiger partial charge in [-0.15, -0.1) is 0 Å². The highest BCUT2D eigenvalue weighted by Gasteiger charge is 2.16. The molecule has 84 valence electrons. The molecular weight excluding hydrogens is 214 g/mol. The van der Waals surface area contributed by atoms with Crippen molar-refractivity contribution in [2.75, 3.05) is 17.2 Å². The Morgan fingerprint density at radius 2 is 1.87 bits per heavy atom. The number of benzene rings is 1. The van der Waals surface area contributed by atoms with Gasteiger partial charge in [0.15, 0.2) is 9.84 Å². The topological polar surface area (TPSA) is 80.4 Å². The van der Waals surface area contributed by atoms with Gasteiger partial charge in [0, 0.05) is 11.4 Å². The van der Waals surface area contributed by atoms with E-state index >= 15 is 0 Å². The van der Waals surface area contributed by atoms with Gasteiger partial charge in [0.05, 0.1) is 11.9 Å². The van der Waals surface area contributed by atoms with E-state index in [2.05, 4.69) is 0 Å². The molecular formula is C10H15NO3S. The molecule has 4 nitrogen and oxygen atoms in total. The molecule has 0 aliphatic carbocycles. The van der Waals surface area contributed by atoms with Gasteiger partial charge in [-0.1, -0.05) is 19.1 Å². The first-order chi connectivity index (χ1) is 6.94. The van der Waals surface area contributed by atoms with Crippen molar-refractivity contribution in [2.24, 2.45) is 0 Å². The summed E-state index contributed by atoms with van der Waals surface area (Å²) in [6.45, 7) is 1.56. The Balaban J connectivity index is 2.78. The maximum atomic E-state index is 11.3. The van der Waals surface area contributed by atoms with Crippen molar-refractivity contribution in [3.8, 4) is 0 Å². The van der Waals surface area contributed by atoms with Crippen molar-refractivity contribution < 1.29 is 13.5 Å². The highest BCUT2D eigenvalue weighted by Crippen LogP contribution is 2.16. The Morgan fingerprint density at radius 3 is 2.33 bits per heavy atom. The van der Waals surface area contributed by atoms with E-state index in [0.717, 1.165) is 0 Å². The first-order valence-corrected chi connectivity index (χ1v) is 6.50. The van der Waals surface area contributed by atoms with Crippen LogP contribution in [0, 0.1) is 0 Å². The van der Waals surface area contributed by atoms with E-state index in [4.69, 9.17) is 5.73 Å². The fourth-order valence-corrected chi connectivity index (χ4v) is 2.08. The number of hydrogen-bond acceptors (Lipinski definition) is 4. The fraction of sp³-hybridized carbons (Fsp3) is 0.400. The molecule has 0 unspecified atom stereocenters. The summed E-state index contributed by atoms with van der Waals surface area (Å²) in [5.41, 5.74) is 6.64. The van der Waals surface area contributed by atoms with Crippen LogP contribution in [-0.4, -0.2) is 25.0 Å². The van der Waals surface area contributed by atoms with Crippen LogP contribution in [0.3, 0.4) is 0 Å². The standard InChI is InChI=1S/C10H15NO3S/c1-2-15(13,14)7-10(12)8-3-5-9(11)6-4-8/h3-6,10,12H,2,7,11H2,1H3/t10-/m0/s1. The predicted octanol–water partition coefficient (Wildman–Crippen LogP) is 0.737. The van der Waals surface area contributed by atoms with E-state index in [1.807, 2.05) is 0 Å². The van der Waals surface area contributed by atoms with Crippen LogP contribution in [0.2, 0.25) is 0 Å². The van der Waals surface area contributed by atoms with Crippen molar-refractivity contribution in [3.05, 3.63) is 29.8 Å². The SMILES string of the molecule is CCS(=O)(=O)C[C@H](O)c1ccc(N)cc1. The maximum Gasteiger partial charge on any atom is 0.152 e. The van der Waals surface area contributed by atoms with Crippen molar-refractivity contribution in [3.63, 3.8) is 0 Å². The lowest BCUT2D eigenvalue weighted by Gasteiger charge is -2.10. The van der Waals surface area contributed by atoms with Gasteiger partial charge in [-0.2, -0.15) is 0 Å². The number of anilines is 1. The summed E-state index contributed by atoms with van der Waals surface area (Å²) in [5.74, 6) is -0.202. The van der Waals surface area contributed by atoms with Crippen molar-refractivity contribution in [2.45, 2.75) is 13.0 Å². The summed E-state index contributed by atoms with van der Waals surface area (Å²) in [7, 11) is -3.16. The molecule has 0 aliphatic rings. The highest BCUT2D eigenvalue weighted by atomic mass is 32.2. The first-order valence-electron chi connectivity index (χ1n) is 4.68. The Hall–Kier alpha value is -1.07. The van der Waals surface area contributed by atoms with Gasteiger partial charge in [0.2, 0.25) is 0 Å². The predicted molar refractivity (Wildman–Crippen MR) is 60.1 cm³/mol. The minimum atomic E-state index is -3.16. The number of rotatable bonds is 4. The number of aliphatic hydroxyl groups excluding tert-OH is 1. The van der Waals surface area contributed by atoms with Gasteiger partial charge in [0.1, 0.15) is 0 Å². The molecule has 0 saturated heterocycles. The van der Waals surface area contributed by atoms with E-state index in [1.54, 1.807) is 31.2 Å². The third kappa shape index (κ3) is 3.53. The molecule has 15 heavy (non-hydrogen) atoms. The maximum absolute atomic E-state index is 11.3. The fourth-order valence-electron chi connectivity index (χ4n) is 1.17. The molecule has 3 N–H and O–H groups in total. The molecule has 1 aromatic rings. The summed E-state index contributed by atoms with van der Waals surface area (Å²) in [4.78, 5) is 0. The first kappa shape index (κ1) is 12.0. The lowest BCUT2D eigenvalue weighted by Crippen LogP contribution is -2.16. The molecule has 1 aromatic carbocycles. The van der Waals surface area contributed by atoms with E-state index in [9.17, 15) is 13.5 Å². The van der Waals surface area contributed by atoms with Gasteiger partial charge in [-0.05, 0) is 17.7 Å². The lowest BCUT2D eigenvalue weighted by atomic mass is 10.1. The van der Waals surface area contributed by atoms with Crippen LogP contribution in [0.5, 0.6) is 0 Å². The van der Waals surface area contributed by atoms with Crippen molar-refractivity contribution in [1.82, 2.24) is 0 Å². The van der Waals surface area contributed by atoms with Crippen LogP contribution in [0.25, 0.3) is 0 Å². The zero-order chi connectivity index (χ0) is 11.5. The van der Waals surface area contributed by atoms with Crippen LogP contribution in [0.4, 0.5) is 5.69 Å². The van der Waals surface area contributed by atoms with E-state index in [0.29, 0.717) is 11.3 Å². The zero-order valence-electron chi connectivity index (χ0n) is 8.55. The van der Waals surface area contributed by atoms with Gasteiger partial charge in [0.25, 0.3) is 0 Å². The average Bonchev–Trinajstić information content (AvgIpc) is 2.18. The lowest BCUT2D eigenvalue weighted by molar-refractivity contribution is 0.201. The number of aliphatic hydroxyl groups is 1. The van der Waals surface area contributed by atoms with Crippen LogP contribution in [0.15, 0.2) is 24.3 Å². The second-order valence-corrected chi connectivity index (χ2v) is 5.78. The number of sulfone groups is 1. The molecule has 1 atom stereocenters. The molecule has 0 fully saturated rings. The third-order valence-electron chi connectivity index (χ3n) is 2.17. The summed E-state index contributed by atoms with van der Waals surface area (Å²) in [6.07, 6.45) is -0.976. The summed E-state index contributed by atoms with van der Waals surface area (Å²) in [6, 6.07) is 6.53. The van der Waals surface area contributed by atoms with Crippen LogP contribution in [0.1, 0.15) is 18.6 Å². The van der Waals surface area contributed by atoms with Crippen LogP contribution in [-0.2, 0) is 9.84 Å². The molecule has 0 amide bonds. The summed E-state index contributed by atoms with van der Waals surface area (Å²) >= 11 is 0. The van der Waals surface area contributed by atoms with E-state index in [-0.39, 0.29) is 11.5 Å². The Morgan fingerprint density at radius 1 is 1.33 bits per heavy atom. The minimum Gasteiger partial charge on any atom is -0.399 e. The largest absolute Gasteiger partial charge is 0.399 e. The van der Waals surface area contributed by atoms with Gasteiger partial charge >= 0.3 is 0 Å². The normalized spacial score (nSPS) is 13.7. The van der Waals surface area contributed by atoms with E-state index < -0.39 is 15.9 Å². The summed E-state index contributed by atoms with van der Waals surface area (Å²) < 4.78 is 22.5. The van der Waals surface area contributed by atoms with Crippen LogP contribution < -0.4 is 5.73 Å². The molecule has 0 aromatic heterocycles. The second kappa shape index (κ2) is 4.63. The van der Waals surface area contributed by atoms with Gasteiger partial charge in [-0.25, -0.2) is 8.42 Å².